The lowest BCUT2D eigenvalue weighted by atomic mass is 10.00. The highest BCUT2D eigenvalue weighted by Crippen LogP contribution is 2.40. The van der Waals surface area contributed by atoms with E-state index in [2.05, 4.69) is 18.0 Å². The van der Waals surface area contributed by atoms with Gasteiger partial charge in [0.15, 0.2) is 0 Å². The minimum Gasteiger partial charge on any atom is -0.312 e. The fourth-order valence-corrected chi connectivity index (χ4v) is 3.08. The quantitative estimate of drug-likeness (QED) is 0.830. The number of rotatable bonds is 4. The fourth-order valence-electron chi connectivity index (χ4n) is 1.91. The molecule has 90 valence electrons. The molecule has 1 aliphatic carbocycles. The summed E-state index contributed by atoms with van der Waals surface area (Å²) in [7, 11) is 0. The summed E-state index contributed by atoms with van der Waals surface area (Å²) in [5, 5.41) is 10.1. The molecule has 1 fully saturated rings. The largest absolute Gasteiger partial charge is 0.312 e. The smallest absolute Gasteiger partial charge is 0.116 e. The van der Waals surface area contributed by atoms with Crippen LogP contribution in [0.5, 0.6) is 0 Å². The van der Waals surface area contributed by atoms with Crippen molar-refractivity contribution in [2.24, 2.45) is 11.7 Å². The van der Waals surface area contributed by atoms with Crippen molar-refractivity contribution >= 4 is 11.8 Å². The summed E-state index contributed by atoms with van der Waals surface area (Å²) in [4.78, 5) is 4.45. The van der Waals surface area contributed by atoms with Crippen LogP contribution in [0.25, 0.3) is 0 Å². The number of pyridine rings is 1. The molecular formula is C13H17N3S. The second kappa shape index (κ2) is 4.67. The second-order valence-electron chi connectivity index (χ2n) is 4.84. The monoisotopic (exact) mass is 247 g/mol. The van der Waals surface area contributed by atoms with Crippen LogP contribution in [-0.2, 0) is 0 Å². The second-order valence-corrected chi connectivity index (χ2v) is 5.83. The van der Waals surface area contributed by atoms with Crippen LogP contribution in [0.3, 0.4) is 0 Å². The Morgan fingerprint density at radius 3 is 2.76 bits per heavy atom. The van der Waals surface area contributed by atoms with Gasteiger partial charge in [-0.25, -0.2) is 4.98 Å². The van der Waals surface area contributed by atoms with Crippen LogP contribution in [0, 0.1) is 31.1 Å². The molecule has 0 spiro atoms. The first kappa shape index (κ1) is 12.4. The van der Waals surface area contributed by atoms with E-state index in [0.29, 0.717) is 11.7 Å². The Labute approximate surface area is 106 Å². The molecule has 17 heavy (non-hydrogen) atoms. The zero-order valence-electron chi connectivity index (χ0n) is 10.2. The summed E-state index contributed by atoms with van der Waals surface area (Å²) in [6.07, 6.45) is 2.18. The normalized spacial score (nSPS) is 18.5. The van der Waals surface area contributed by atoms with Gasteiger partial charge in [-0.05, 0) is 50.3 Å². The number of aryl methyl sites for hydroxylation is 2. The Hall–Kier alpha value is -1.05. The molecule has 1 aromatic rings. The van der Waals surface area contributed by atoms with Gasteiger partial charge in [-0.3, -0.25) is 0 Å². The summed E-state index contributed by atoms with van der Waals surface area (Å²) in [6.45, 7) is 4.04. The molecule has 2 rings (SSSR count). The van der Waals surface area contributed by atoms with Gasteiger partial charge in [0.25, 0.3) is 0 Å². The van der Waals surface area contributed by atoms with Gasteiger partial charge in [-0.2, -0.15) is 5.26 Å². The number of hydrogen-bond donors (Lipinski definition) is 1. The van der Waals surface area contributed by atoms with Crippen LogP contribution < -0.4 is 5.73 Å². The fraction of sp³-hybridized carbons (Fsp3) is 0.538. The molecule has 0 aromatic carbocycles. The minimum absolute atomic E-state index is 0.380. The molecular weight excluding hydrogens is 230 g/mol. The number of nitriles is 1. The van der Waals surface area contributed by atoms with Crippen LogP contribution in [0.4, 0.5) is 0 Å². The summed E-state index contributed by atoms with van der Waals surface area (Å²) in [5.41, 5.74) is 7.65. The van der Waals surface area contributed by atoms with E-state index in [1.807, 2.05) is 19.1 Å². The van der Waals surface area contributed by atoms with E-state index in [9.17, 15) is 5.26 Å². The van der Waals surface area contributed by atoms with Crippen LogP contribution >= 0.6 is 11.8 Å². The molecule has 2 N–H and O–H groups in total. The van der Waals surface area contributed by atoms with Gasteiger partial charge in [-0.1, -0.05) is 0 Å². The van der Waals surface area contributed by atoms with E-state index in [4.69, 9.17) is 5.73 Å². The van der Waals surface area contributed by atoms with Crippen LogP contribution in [0.1, 0.15) is 24.1 Å². The topological polar surface area (TPSA) is 62.7 Å². The first-order valence-corrected chi connectivity index (χ1v) is 6.80. The van der Waals surface area contributed by atoms with E-state index in [1.54, 1.807) is 11.8 Å². The number of aromatic nitrogens is 1. The Morgan fingerprint density at radius 1 is 1.53 bits per heavy atom. The van der Waals surface area contributed by atoms with Crippen LogP contribution in [0.2, 0.25) is 0 Å². The average molecular weight is 247 g/mol. The highest BCUT2D eigenvalue weighted by Gasteiger charge is 2.42. The number of hydrogen-bond acceptors (Lipinski definition) is 4. The molecule has 4 heteroatoms. The third-order valence-electron chi connectivity index (χ3n) is 3.05. The van der Waals surface area contributed by atoms with E-state index in [0.717, 1.165) is 23.6 Å². The lowest BCUT2D eigenvalue weighted by molar-refractivity contribution is 0.532. The molecule has 1 aliphatic rings. The Morgan fingerprint density at radius 2 is 2.24 bits per heavy atom. The highest BCUT2D eigenvalue weighted by atomic mass is 32.2. The van der Waals surface area contributed by atoms with Gasteiger partial charge in [0.2, 0.25) is 0 Å². The summed E-state index contributed by atoms with van der Waals surface area (Å²) in [5.74, 6) is 1.01. The van der Waals surface area contributed by atoms with Gasteiger partial charge in [0, 0.05) is 11.4 Å². The maximum absolute atomic E-state index is 9.17. The molecule has 1 unspecified atom stereocenters. The zero-order chi connectivity index (χ0) is 12.5. The van der Waals surface area contributed by atoms with Crippen molar-refractivity contribution in [3.8, 4) is 6.07 Å². The van der Waals surface area contributed by atoms with Crippen molar-refractivity contribution in [2.45, 2.75) is 37.3 Å². The van der Waals surface area contributed by atoms with Gasteiger partial charge < -0.3 is 5.73 Å². The van der Waals surface area contributed by atoms with Crippen molar-refractivity contribution in [3.05, 3.63) is 23.4 Å². The lowest BCUT2D eigenvalue weighted by Gasteiger charge is -2.20. The van der Waals surface area contributed by atoms with Crippen molar-refractivity contribution in [1.29, 1.82) is 5.26 Å². The van der Waals surface area contributed by atoms with E-state index in [-0.39, 0.29) is 0 Å². The zero-order valence-corrected chi connectivity index (χ0v) is 11.0. The predicted molar refractivity (Wildman–Crippen MR) is 69.7 cm³/mol. The van der Waals surface area contributed by atoms with E-state index in [1.165, 1.54) is 5.56 Å². The number of nitrogens with two attached hydrogens (primary N) is 1. The molecule has 1 aromatic heterocycles. The third-order valence-corrected chi connectivity index (χ3v) is 4.17. The molecule has 0 aliphatic heterocycles. The molecule has 1 atom stereocenters. The molecule has 1 heterocycles. The maximum atomic E-state index is 9.17. The third kappa shape index (κ3) is 2.99. The number of nitrogens with zero attached hydrogens (tertiary/aromatic N) is 2. The van der Waals surface area contributed by atoms with E-state index < -0.39 is 5.54 Å². The summed E-state index contributed by atoms with van der Waals surface area (Å²) in [6, 6.07) is 6.36. The molecule has 0 radical (unpaired) electrons. The first-order valence-electron chi connectivity index (χ1n) is 5.82. The summed E-state index contributed by atoms with van der Waals surface area (Å²) < 4.78 is 0. The van der Waals surface area contributed by atoms with E-state index >= 15 is 0 Å². The SMILES string of the molecule is Cc1cc(C)nc(SCC(N)(C#N)C2CC2)c1. The Bertz CT molecular complexity index is 442. The molecule has 0 bridgehead atoms. The van der Waals surface area contributed by atoms with Gasteiger partial charge in [-0.15, -0.1) is 11.8 Å². The van der Waals surface area contributed by atoms with Crippen LogP contribution in [-0.4, -0.2) is 16.3 Å². The first-order chi connectivity index (χ1) is 8.03. The van der Waals surface area contributed by atoms with Gasteiger partial charge >= 0.3 is 0 Å². The van der Waals surface area contributed by atoms with Crippen molar-refractivity contribution in [1.82, 2.24) is 4.98 Å². The lowest BCUT2D eigenvalue weighted by Crippen LogP contribution is -2.43. The van der Waals surface area contributed by atoms with Gasteiger partial charge in [0.05, 0.1) is 11.1 Å². The summed E-state index contributed by atoms with van der Waals surface area (Å²) >= 11 is 1.59. The molecule has 1 saturated carbocycles. The standard InChI is InChI=1S/C13H17N3S/c1-9-5-10(2)16-12(6-9)17-8-13(15,7-14)11-3-4-11/h5-6,11H,3-4,8,15H2,1-2H3. The average Bonchev–Trinajstić information content (AvgIpc) is 3.08. The molecule has 0 amide bonds. The van der Waals surface area contributed by atoms with Crippen LogP contribution in [0.15, 0.2) is 17.2 Å². The van der Waals surface area contributed by atoms with Crippen molar-refractivity contribution in [3.63, 3.8) is 0 Å². The highest BCUT2D eigenvalue weighted by molar-refractivity contribution is 7.99. The molecule has 0 saturated heterocycles. The van der Waals surface area contributed by atoms with Crippen molar-refractivity contribution in [2.75, 3.05) is 5.75 Å². The maximum Gasteiger partial charge on any atom is 0.116 e. The Kier molecular flexibility index (Phi) is 3.41. The van der Waals surface area contributed by atoms with Gasteiger partial charge in [0.1, 0.15) is 5.54 Å². The van der Waals surface area contributed by atoms with Crippen molar-refractivity contribution < 1.29 is 0 Å². The predicted octanol–water partition coefficient (Wildman–Crippen LogP) is 2.42. The number of thioether (sulfide) groups is 1. The minimum atomic E-state index is -0.677. The Balaban J connectivity index is 2.04. The molecule has 3 nitrogen and oxygen atoms in total.